The molecule has 1 N–H and O–H groups in total. The first kappa shape index (κ1) is 11.0. The van der Waals surface area contributed by atoms with E-state index in [-0.39, 0.29) is 0 Å². The molecule has 2 heterocycles. The molecule has 0 saturated carbocycles. The summed E-state index contributed by atoms with van der Waals surface area (Å²) in [5, 5.41) is 7.74. The third-order valence-corrected chi connectivity index (χ3v) is 3.81. The summed E-state index contributed by atoms with van der Waals surface area (Å²) in [4.78, 5) is 1.29. The number of piperidine rings is 1. The van der Waals surface area contributed by atoms with Gasteiger partial charge in [0.1, 0.15) is 0 Å². The minimum absolute atomic E-state index is 0.753. The van der Waals surface area contributed by atoms with Gasteiger partial charge >= 0.3 is 0 Å². The van der Waals surface area contributed by atoms with Gasteiger partial charge in [0.15, 0.2) is 0 Å². The van der Waals surface area contributed by atoms with Crippen LogP contribution in [0, 0.1) is 0 Å². The molecule has 3 nitrogen and oxygen atoms in total. The van der Waals surface area contributed by atoms with E-state index in [2.05, 4.69) is 16.6 Å². The van der Waals surface area contributed by atoms with Crippen molar-refractivity contribution in [3.05, 3.63) is 12.4 Å². The number of nitrogens with zero attached hydrogens (tertiary/aromatic N) is 2. The molecule has 1 atom stereocenters. The van der Waals surface area contributed by atoms with Crippen molar-refractivity contribution in [2.45, 2.75) is 36.6 Å². The minimum atomic E-state index is 0.753. The van der Waals surface area contributed by atoms with E-state index in [1.807, 2.05) is 29.7 Å². The Morgan fingerprint density at radius 1 is 1.60 bits per heavy atom. The van der Waals surface area contributed by atoms with Crippen LogP contribution in [-0.4, -0.2) is 28.1 Å². The highest BCUT2D eigenvalue weighted by Crippen LogP contribution is 2.19. The average Bonchev–Trinajstić information content (AvgIpc) is 2.66. The summed E-state index contributed by atoms with van der Waals surface area (Å²) in [6.45, 7) is 1.21. The summed E-state index contributed by atoms with van der Waals surface area (Å²) in [6.07, 6.45) is 9.41. The number of nitrogens with one attached hydrogen (secondary N) is 1. The van der Waals surface area contributed by atoms with Crippen LogP contribution < -0.4 is 5.32 Å². The molecular weight excluding hydrogens is 206 g/mol. The minimum Gasteiger partial charge on any atom is -0.314 e. The van der Waals surface area contributed by atoms with Crippen LogP contribution in [0.4, 0.5) is 0 Å². The van der Waals surface area contributed by atoms with E-state index >= 15 is 0 Å². The number of thioether (sulfide) groups is 1. The van der Waals surface area contributed by atoms with Gasteiger partial charge in [-0.3, -0.25) is 4.68 Å². The molecule has 1 unspecified atom stereocenters. The number of rotatable bonds is 4. The molecule has 1 aliphatic heterocycles. The van der Waals surface area contributed by atoms with Crippen LogP contribution in [0.1, 0.15) is 25.7 Å². The molecule has 1 aromatic rings. The molecule has 0 aromatic carbocycles. The molecule has 1 aliphatic rings. The van der Waals surface area contributed by atoms with Crippen LogP contribution in [0.25, 0.3) is 0 Å². The molecule has 1 fully saturated rings. The maximum Gasteiger partial charge on any atom is 0.0625 e. The normalized spacial score (nSPS) is 21.8. The van der Waals surface area contributed by atoms with Crippen molar-refractivity contribution in [3.8, 4) is 0 Å². The second kappa shape index (κ2) is 5.56. The van der Waals surface area contributed by atoms with Gasteiger partial charge in [-0.05, 0) is 31.6 Å². The van der Waals surface area contributed by atoms with Crippen LogP contribution in [-0.2, 0) is 7.05 Å². The maximum absolute atomic E-state index is 4.16. The summed E-state index contributed by atoms with van der Waals surface area (Å²) in [6, 6.07) is 0.753. The number of aryl methyl sites for hydroxylation is 1. The van der Waals surface area contributed by atoms with Crippen LogP contribution in [0.3, 0.4) is 0 Å². The smallest absolute Gasteiger partial charge is 0.0625 e. The van der Waals surface area contributed by atoms with Gasteiger partial charge in [-0.15, -0.1) is 11.8 Å². The van der Waals surface area contributed by atoms with E-state index in [4.69, 9.17) is 0 Å². The predicted octanol–water partition coefficient (Wildman–Crippen LogP) is 2.04. The van der Waals surface area contributed by atoms with E-state index in [0.29, 0.717) is 0 Å². The molecule has 1 aromatic heterocycles. The van der Waals surface area contributed by atoms with Gasteiger partial charge in [0.05, 0.1) is 6.20 Å². The summed E-state index contributed by atoms with van der Waals surface area (Å²) < 4.78 is 1.86. The fraction of sp³-hybridized carbons (Fsp3) is 0.727. The SMILES string of the molecule is Cn1cc(SCCC2CCCCN2)cn1. The molecule has 0 radical (unpaired) electrons. The summed E-state index contributed by atoms with van der Waals surface area (Å²) in [5.74, 6) is 1.20. The van der Waals surface area contributed by atoms with Crippen molar-refractivity contribution in [1.82, 2.24) is 15.1 Å². The van der Waals surface area contributed by atoms with Crippen molar-refractivity contribution in [1.29, 1.82) is 0 Å². The zero-order valence-electron chi connectivity index (χ0n) is 9.28. The van der Waals surface area contributed by atoms with E-state index in [0.717, 1.165) is 6.04 Å². The lowest BCUT2D eigenvalue weighted by atomic mass is 10.0. The van der Waals surface area contributed by atoms with Gasteiger partial charge in [0.25, 0.3) is 0 Å². The molecule has 15 heavy (non-hydrogen) atoms. The quantitative estimate of drug-likeness (QED) is 0.795. The summed E-state index contributed by atoms with van der Waals surface area (Å²) in [5.41, 5.74) is 0. The fourth-order valence-electron chi connectivity index (χ4n) is 1.96. The van der Waals surface area contributed by atoms with E-state index in [9.17, 15) is 0 Å². The van der Waals surface area contributed by atoms with Crippen LogP contribution in [0.2, 0.25) is 0 Å². The first-order valence-electron chi connectivity index (χ1n) is 5.69. The Morgan fingerprint density at radius 3 is 3.20 bits per heavy atom. The Hall–Kier alpha value is -0.480. The lowest BCUT2D eigenvalue weighted by Gasteiger charge is -2.22. The molecular formula is C11H19N3S. The number of hydrogen-bond acceptors (Lipinski definition) is 3. The third kappa shape index (κ3) is 3.54. The highest BCUT2D eigenvalue weighted by atomic mass is 32.2. The van der Waals surface area contributed by atoms with Crippen molar-refractivity contribution in [3.63, 3.8) is 0 Å². The Morgan fingerprint density at radius 2 is 2.53 bits per heavy atom. The van der Waals surface area contributed by atoms with Gasteiger partial charge in [-0.1, -0.05) is 6.42 Å². The van der Waals surface area contributed by atoms with Gasteiger partial charge in [-0.2, -0.15) is 5.10 Å². The zero-order valence-corrected chi connectivity index (χ0v) is 10.1. The van der Waals surface area contributed by atoms with Crippen molar-refractivity contribution in [2.75, 3.05) is 12.3 Å². The molecule has 0 bridgehead atoms. The van der Waals surface area contributed by atoms with Crippen molar-refractivity contribution < 1.29 is 0 Å². The van der Waals surface area contributed by atoms with Crippen LogP contribution >= 0.6 is 11.8 Å². The third-order valence-electron chi connectivity index (χ3n) is 2.83. The largest absolute Gasteiger partial charge is 0.314 e. The highest BCUT2D eigenvalue weighted by molar-refractivity contribution is 7.99. The van der Waals surface area contributed by atoms with E-state index in [1.54, 1.807) is 0 Å². The predicted molar refractivity (Wildman–Crippen MR) is 64.2 cm³/mol. The van der Waals surface area contributed by atoms with Crippen molar-refractivity contribution >= 4 is 11.8 Å². The van der Waals surface area contributed by atoms with E-state index in [1.165, 1.54) is 42.9 Å². The molecule has 84 valence electrons. The van der Waals surface area contributed by atoms with Gasteiger partial charge in [-0.25, -0.2) is 0 Å². The second-order valence-corrected chi connectivity index (χ2v) is 5.30. The number of hydrogen-bond donors (Lipinski definition) is 1. The molecule has 0 aliphatic carbocycles. The van der Waals surface area contributed by atoms with E-state index < -0.39 is 0 Å². The average molecular weight is 225 g/mol. The second-order valence-electron chi connectivity index (χ2n) is 4.13. The first-order valence-corrected chi connectivity index (χ1v) is 6.68. The topological polar surface area (TPSA) is 29.9 Å². The Balaban J connectivity index is 1.65. The monoisotopic (exact) mass is 225 g/mol. The molecule has 0 spiro atoms. The van der Waals surface area contributed by atoms with Gasteiger partial charge < -0.3 is 5.32 Å². The van der Waals surface area contributed by atoms with Crippen LogP contribution in [0.15, 0.2) is 17.3 Å². The lowest BCUT2D eigenvalue weighted by Crippen LogP contribution is -2.34. The fourth-order valence-corrected chi connectivity index (χ4v) is 2.95. The first-order chi connectivity index (χ1) is 7.34. The maximum atomic E-state index is 4.16. The molecule has 0 amide bonds. The molecule has 2 rings (SSSR count). The highest BCUT2D eigenvalue weighted by Gasteiger charge is 2.11. The lowest BCUT2D eigenvalue weighted by molar-refractivity contribution is 0.395. The van der Waals surface area contributed by atoms with Crippen LogP contribution in [0.5, 0.6) is 0 Å². The number of aromatic nitrogens is 2. The summed E-state index contributed by atoms with van der Waals surface area (Å²) >= 11 is 1.91. The van der Waals surface area contributed by atoms with Gasteiger partial charge in [0.2, 0.25) is 0 Å². The Labute approximate surface area is 95.6 Å². The van der Waals surface area contributed by atoms with Crippen molar-refractivity contribution in [2.24, 2.45) is 7.05 Å². The molecule has 4 heteroatoms. The Bertz CT molecular complexity index is 292. The zero-order chi connectivity index (χ0) is 10.5. The Kier molecular flexibility index (Phi) is 4.09. The standard InChI is InChI=1S/C11H19N3S/c1-14-9-11(8-13-14)15-7-5-10-4-2-3-6-12-10/h8-10,12H,2-7H2,1H3. The van der Waals surface area contributed by atoms with Gasteiger partial charge in [0, 0.05) is 24.2 Å². The molecule has 1 saturated heterocycles. The summed E-state index contributed by atoms with van der Waals surface area (Å²) in [7, 11) is 1.97.